The third-order valence-corrected chi connectivity index (χ3v) is 1.87. The van der Waals surface area contributed by atoms with Gasteiger partial charge in [0, 0.05) is 11.5 Å². The molecule has 0 fully saturated rings. The van der Waals surface area contributed by atoms with Crippen LogP contribution in [-0.2, 0) is 4.79 Å². The highest BCUT2D eigenvalue weighted by Crippen LogP contribution is 2.17. The lowest BCUT2D eigenvalue weighted by Crippen LogP contribution is -2.00. The molecule has 2 nitrogen and oxygen atoms in total. The number of hydrogen-bond donors (Lipinski definition) is 0. The van der Waals surface area contributed by atoms with Crippen molar-refractivity contribution in [1.29, 1.82) is 0 Å². The summed E-state index contributed by atoms with van der Waals surface area (Å²) in [6, 6.07) is 3.82. The Morgan fingerprint density at radius 2 is 2.08 bits per heavy atom. The van der Waals surface area contributed by atoms with Gasteiger partial charge in [0.25, 0.3) is 0 Å². The first kappa shape index (κ1) is 9.58. The van der Waals surface area contributed by atoms with Crippen LogP contribution in [0.4, 0.5) is 4.39 Å². The Balaban J connectivity index is 3.20. The van der Waals surface area contributed by atoms with Gasteiger partial charge < -0.3 is 4.79 Å². The lowest BCUT2D eigenvalue weighted by molar-refractivity contribution is -0.108. The van der Waals surface area contributed by atoms with Crippen LogP contribution in [0.5, 0.6) is 0 Å². The number of hydrogen-bond acceptors (Lipinski definition) is 2. The van der Waals surface area contributed by atoms with E-state index in [1.54, 1.807) is 6.92 Å². The minimum absolute atomic E-state index is 0.236. The first-order valence-corrected chi connectivity index (χ1v) is 3.89. The van der Waals surface area contributed by atoms with Crippen LogP contribution in [0.2, 0.25) is 0 Å². The van der Waals surface area contributed by atoms with Crippen molar-refractivity contribution >= 4 is 12.6 Å². The Morgan fingerprint density at radius 1 is 1.38 bits per heavy atom. The summed E-state index contributed by atoms with van der Waals surface area (Å²) in [5.74, 6) is -0.843. The van der Waals surface area contributed by atoms with Gasteiger partial charge in [0.05, 0.1) is 0 Å². The van der Waals surface area contributed by atoms with E-state index in [9.17, 15) is 14.0 Å². The molecule has 0 saturated carbocycles. The maximum absolute atomic E-state index is 12.7. The van der Waals surface area contributed by atoms with E-state index in [0.717, 1.165) is 12.4 Å². The third kappa shape index (κ3) is 1.99. The second-order valence-electron chi connectivity index (χ2n) is 2.82. The number of carbonyl (C=O) groups excluding carboxylic acids is 2. The van der Waals surface area contributed by atoms with Crippen LogP contribution in [-0.4, -0.2) is 12.6 Å². The highest BCUT2D eigenvalue weighted by Gasteiger charge is 2.09. The number of benzene rings is 1. The molecule has 0 heterocycles. The molecule has 0 aliphatic rings. The number of aldehydes is 2. The zero-order valence-corrected chi connectivity index (χ0v) is 7.16. The molecule has 0 aromatic heterocycles. The van der Waals surface area contributed by atoms with E-state index in [2.05, 4.69) is 0 Å². The lowest BCUT2D eigenvalue weighted by atomic mass is 9.97. The largest absolute Gasteiger partial charge is 0.303 e. The zero-order chi connectivity index (χ0) is 9.84. The summed E-state index contributed by atoms with van der Waals surface area (Å²) < 4.78 is 12.7. The molecule has 0 saturated heterocycles. The average Bonchev–Trinajstić information content (AvgIpc) is 2.16. The van der Waals surface area contributed by atoms with Gasteiger partial charge in [0.15, 0.2) is 0 Å². The summed E-state index contributed by atoms with van der Waals surface area (Å²) in [5.41, 5.74) is 0.797. The van der Waals surface area contributed by atoms with E-state index in [4.69, 9.17) is 0 Å². The molecule has 1 aromatic carbocycles. The van der Waals surface area contributed by atoms with E-state index < -0.39 is 5.82 Å². The Kier molecular flexibility index (Phi) is 2.90. The number of carbonyl (C=O) groups is 2. The topological polar surface area (TPSA) is 34.1 Å². The lowest BCUT2D eigenvalue weighted by Gasteiger charge is -2.06. The van der Waals surface area contributed by atoms with E-state index >= 15 is 0 Å². The van der Waals surface area contributed by atoms with E-state index in [0.29, 0.717) is 11.8 Å². The molecular weight excluding hydrogens is 171 g/mol. The molecule has 0 amide bonds. The normalized spacial score (nSPS) is 12.2. The minimum atomic E-state index is -0.469. The monoisotopic (exact) mass is 180 g/mol. The van der Waals surface area contributed by atoms with Crippen molar-refractivity contribution in [3.63, 3.8) is 0 Å². The Labute approximate surface area is 75.4 Å². The summed E-state index contributed by atoms with van der Waals surface area (Å²) in [6.45, 7) is 1.66. The smallest absolute Gasteiger partial charge is 0.150 e. The number of rotatable bonds is 3. The Hall–Kier alpha value is -1.51. The Morgan fingerprint density at radius 3 is 2.62 bits per heavy atom. The van der Waals surface area contributed by atoms with Crippen LogP contribution >= 0.6 is 0 Å². The van der Waals surface area contributed by atoms with Crippen LogP contribution in [0.15, 0.2) is 18.2 Å². The molecule has 13 heavy (non-hydrogen) atoms. The van der Waals surface area contributed by atoms with Gasteiger partial charge >= 0.3 is 0 Å². The summed E-state index contributed by atoms with van der Waals surface area (Å²) in [5, 5.41) is 0. The maximum Gasteiger partial charge on any atom is 0.150 e. The fourth-order valence-electron chi connectivity index (χ4n) is 1.14. The fraction of sp³-hybridized carbons (Fsp3) is 0.200. The molecule has 0 aliphatic carbocycles. The van der Waals surface area contributed by atoms with Crippen molar-refractivity contribution in [3.8, 4) is 0 Å². The summed E-state index contributed by atoms with van der Waals surface area (Å²) >= 11 is 0. The summed E-state index contributed by atoms with van der Waals surface area (Å²) in [6.07, 6.45) is 1.28. The highest BCUT2D eigenvalue weighted by atomic mass is 19.1. The molecular formula is C10H9FO2. The van der Waals surface area contributed by atoms with E-state index in [1.807, 2.05) is 0 Å². The average molecular weight is 180 g/mol. The summed E-state index contributed by atoms with van der Waals surface area (Å²) in [7, 11) is 0. The molecule has 0 bridgehead atoms. The molecule has 1 rings (SSSR count). The van der Waals surface area contributed by atoms with Crippen molar-refractivity contribution < 1.29 is 14.0 Å². The predicted octanol–water partition coefficient (Wildman–Crippen LogP) is 1.94. The molecule has 1 aromatic rings. The Bertz CT molecular complexity index is 334. The zero-order valence-electron chi connectivity index (χ0n) is 7.16. The summed E-state index contributed by atoms with van der Waals surface area (Å²) in [4.78, 5) is 21.0. The SMILES string of the molecule is CC(C=O)c1ccc(F)cc1C=O. The third-order valence-electron chi connectivity index (χ3n) is 1.87. The molecule has 0 aliphatic heterocycles. The van der Waals surface area contributed by atoms with Crippen molar-refractivity contribution in [1.82, 2.24) is 0 Å². The van der Waals surface area contributed by atoms with E-state index in [1.165, 1.54) is 12.1 Å². The highest BCUT2D eigenvalue weighted by molar-refractivity contribution is 5.80. The van der Waals surface area contributed by atoms with Gasteiger partial charge in [-0.05, 0) is 17.7 Å². The van der Waals surface area contributed by atoms with Crippen LogP contribution < -0.4 is 0 Å². The van der Waals surface area contributed by atoms with Gasteiger partial charge in [-0.25, -0.2) is 4.39 Å². The second-order valence-corrected chi connectivity index (χ2v) is 2.82. The van der Waals surface area contributed by atoms with Gasteiger partial charge in [0.1, 0.15) is 18.4 Å². The van der Waals surface area contributed by atoms with Crippen molar-refractivity contribution in [2.75, 3.05) is 0 Å². The molecule has 68 valence electrons. The standard InChI is InChI=1S/C10H9FO2/c1-7(5-12)10-3-2-9(11)4-8(10)6-13/h2-7H,1H3. The van der Waals surface area contributed by atoms with Crippen LogP contribution in [0.25, 0.3) is 0 Å². The maximum atomic E-state index is 12.7. The quantitative estimate of drug-likeness (QED) is 0.666. The first-order valence-electron chi connectivity index (χ1n) is 3.89. The molecule has 0 N–H and O–H groups in total. The second kappa shape index (κ2) is 3.94. The van der Waals surface area contributed by atoms with Crippen molar-refractivity contribution in [3.05, 3.63) is 35.1 Å². The first-order chi connectivity index (χ1) is 6.19. The molecule has 1 atom stereocenters. The molecule has 3 heteroatoms. The molecule has 1 unspecified atom stereocenters. The molecule has 0 spiro atoms. The van der Waals surface area contributed by atoms with Crippen molar-refractivity contribution in [2.24, 2.45) is 0 Å². The number of halogens is 1. The predicted molar refractivity (Wildman–Crippen MR) is 46.3 cm³/mol. The van der Waals surface area contributed by atoms with Gasteiger partial charge in [0.2, 0.25) is 0 Å². The van der Waals surface area contributed by atoms with E-state index in [-0.39, 0.29) is 11.5 Å². The van der Waals surface area contributed by atoms with Crippen LogP contribution in [0.1, 0.15) is 28.8 Å². The molecule has 0 radical (unpaired) electrons. The van der Waals surface area contributed by atoms with Crippen molar-refractivity contribution in [2.45, 2.75) is 12.8 Å². The van der Waals surface area contributed by atoms with Crippen LogP contribution in [0, 0.1) is 5.82 Å². The van der Waals surface area contributed by atoms with Gasteiger partial charge in [-0.2, -0.15) is 0 Å². The fourth-order valence-corrected chi connectivity index (χ4v) is 1.14. The van der Waals surface area contributed by atoms with Gasteiger partial charge in [-0.1, -0.05) is 13.0 Å². The van der Waals surface area contributed by atoms with Gasteiger partial charge in [-0.15, -0.1) is 0 Å². The van der Waals surface area contributed by atoms with Crippen LogP contribution in [0.3, 0.4) is 0 Å². The minimum Gasteiger partial charge on any atom is -0.303 e. The van der Waals surface area contributed by atoms with Gasteiger partial charge in [-0.3, -0.25) is 4.79 Å².